The highest BCUT2D eigenvalue weighted by atomic mass is 16.3. The summed E-state index contributed by atoms with van der Waals surface area (Å²) in [6.45, 7) is 0.204. The minimum absolute atomic E-state index is 0.0218. The van der Waals surface area contributed by atoms with Crippen molar-refractivity contribution in [2.45, 2.75) is 18.9 Å². The van der Waals surface area contributed by atoms with Crippen LogP contribution in [0.1, 0.15) is 21.5 Å². The summed E-state index contributed by atoms with van der Waals surface area (Å²) in [7, 11) is 0. The van der Waals surface area contributed by atoms with Crippen molar-refractivity contribution >= 4 is 11.8 Å². The molecule has 0 heterocycles. The topological polar surface area (TPSA) is 159 Å². The molecule has 0 saturated heterocycles. The van der Waals surface area contributed by atoms with Gasteiger partial charge in [0.15, 0.2) is 23.0 Å². The number of amides is 2. The molecule has 0 aliphatic carbocycles. The number of phenolic OH excluding ortho intramolecular Hbond substituents is 5. The number of carbonyl (C=O) groups excluding carboxylic acids is 2. The maximum absolute atomic E-state index is 12.9. The van der Waals surface area contributed by atoms with Crippen molar-refractivity contribution in [2.75, 3.05) is 6.54 Å². The van der Waals surface area contributed by atoms with E-state index in [1.54, 1.807) is 18.2 Å². The van der Waals surface area contributed by atoms with Gasteiger partial charge in [-0.15, -0.1) is 0 Å². The fourth-order valence-corrected chi connectivity index (χ4v) is 3.21. The maximum Gasteiger partial charge on any atom is 0.252 e. The van der Waals surface area contributed by atoms with Crippen LogP contribution in [0.2, 0.25) is 0 Å². The predicted octanol–water partition coefficient (Wildman–Crippen LogP) is 1.91. The lowest BCUT2D eigenvalue weighted by Gasteiger charge is -2.19. The summed E-state index contributed by atoms with van der Waals surface area (Å²) in [4.78, 5) is 25.5. The van der Waals surface area contributed by atoms with Gasteiger partial charge < -0.3 is 36.2 Å². The van der Waals surface area contributed by atoms with Crippen LogP contribution in [0.5, 0.6) is 28.7 Å². The summed E-state index contributed by atoms with van der Waals surface area (Å²) in [6, 6.07) is 13.2. The SMILES string of the molecule is O=C(NC(Cc1cccc(O)c1)C(=O)NCCc1ccc(O)c(O)c1)c1ccc(O)c(O)c1. The summed E-state index contributed by atoms with van der Waals surface area (Å²) >= 11 is 0. The summed E-state index contributed by atoms with van der Waals surface area (Å²) < 4.78 is 0. The molecule has 3 aromatic carbocycles. The van der Waals surface area contributed by atoms with Gasteiger partial charge in [-0.05, 0) is 60.0 Å². The molecule has 0 aliphatic heterocycles. The van der Waals surface area contributed by atoms with Crippen LogP contribution in [-0.4, -0.2) is 49.9 Å². The molecule has 0 radical (unpaired) electrons. The summed E-state index contributed by atoms with van der Waals surface area (Å²) in [5.41, 5.74) is 1.37. The average Bonchev–Trinajstić information content (AvgIpc) is 2.77. The molecule has 9 nitrogen and oxygen atoms in total. The van der Waals surface area contributed by atoms with E-state index in [2.05, 4.69) is 10.6 Å². The Hall–Kier alpha value is -4.40. The minimum Gasteiger partial charge on any atom is -0.508 e. The molecule has 2 amide bonds. The van der Waals surface area contributed by atoms with Gasteiger partial charge in [-0.3, -0.25) is 9.59 Å². The zero-order chi connectivity index (χ0) is 24.0. The van der Waals surface area contributed by atoms with Crippen LogP contribution < -0.4 is 10.6 Å². The molecule has 0 bridgehead atoms. The Balaban J connectivity index is 1.70. The van der Waals surface area contributed by atoms with Crippen LogP contribution in [0.3, 0.4) is 0 Å². The van der Waals surface area contributed by atoms with E-state index >= 15 is 0 Å². The van der Waals surface area contributed by atoms with Crippen molar-refractivity contribution in [3.63, 3.8) is 0 Å². The molecule has 0 aromatic heterocycles. The third kappa shape index (κ3) is 6.30. The lowest BCUT2D eigenvalue weighted by Crippen LogP contribution is -2.48. The molecule has 0 fully saturated rings. The number of carbonyl (C=O) groups is 2. The van der Waals surface area contributed by atoms with Crippen LogP contribution in [-0.2, 0) is 17.6 Å². The Labute approximate surface area is 189 Å². The van der Waals surface area contributed by atoms with Crippen LogP contribution in [0, 0.1) is 0 Å². The third-order valence-corrected chi connectivity index (χ3v) is 4.96. The molecule has 3 rings (SSSR count). The fourth-order valence-electron chi connectivity index (χ4n) is 3.21. The first kappa shape index (κ1) is 23.3. The molecule has 0 spiro atoms. The second kappa shape index (κ2) is 10.3. The van der Waals surface area contributed by atoms with E-state index in [4.69, 9.17) is 0 Å². The van der Waals surface area contributed by atoms with E-state index in [1.807, 2.05) is 0 Å². The van der Waals surface area contributed by atoms with Crippen LogP contribution in [0.15, 0.2) is 60.7 Å². The van der Waals surface area contributed by atoms with Crippen LogP contribution in [0.25, 0.3) is 0 Å². The largest absolute Gasteiger partial charge is 0.508 e. The Morgan fingerprint density at radius 1 is 0.758 bits per heavy atom. The molecule has 3 aromatic rings. The molecule has 0 aliphatic rings. The quantitative estimate of drug-likeness (QED) is 0.257. The first-order chi connectivity index (χ1) is 15.7. The Kier molecular flexibility index (Phi) is 7.24. The predicted molar refractivity (Wildman–Crippen MR) is 119 cm³/mol. The van der Waals surface area contributed by atoms with Crippen molar-refractivity contribution in [3.05, 3.63) is 77.4 Å². The highest BCUT2D eigenvalue weighted by Crippen LogP contribution is 2.25. The van der Waals surface area contributed by atoms with Gasteiger partial charge in [0.2, 0.25) is 5.91 Å². The highest BCUT2D eigenvalue weighted by molar-refractivity contribution is 5.98. The molecule has 0 saturated carbocycles. The smallest absolute Gasteiger partial charge is 0.252 e. The highest BCUT2D eigenvalue weighted by Gasteiger charge is 2.22. The van der Waals surface area contributed by atoms with Crippen molar-refractivity contribution < 1.29 is 35.1 Å². The van der Waals surface area contributed by atoms with Crippen molar-refractivity contribution in [1.82, 2.24) is 10.6 Å². The second-order valence-electron chi connectivity index (χ2n) is 7.47. The molecular weight excluding hydrogens is 428 g/mol. The van der Waals surface area contributed by atoms with Gasteiger partial charge in [0.1, 0.15) is 11.8 Å². The molecule has 7 N–H and O–H groups in total. The third-order valence-electron chi connectivity index (χ3n) is 4.96. The number of benzene rings is 3. The van der Waals surface area contributed by atoms with Crippen LogP contribution in [0.4, 0.5) is 0 Å². The minimum atomic E-state index is -0.997. The fraction of sp³-hybridized carbons (Fsp3) is 0.167. The van der Waals surface area contributed by atoms with Gasteiger partial charge in [0, 0.05) is 18.5 Å². The maximum atomic E-state index is 12.9. The number of hydrogen-bond acceptors (Lipinski definition) is 7. The van der Waals surface area contributed by atoms with E-state index in [0.29, 0.717) is 17.5 Å². The van der Waals surface area contributed by atoms with Gasteiger partial charge >= 0.3 is 0 Å². The molecule has 9 heteroatoms. The van der Waals surface area contributed by atoms with E-state index in [-0.39, 0.29) is 41.5 Å². The Morgan fingerprint density at radius 3 is 2.12 bits per heavy atom. The summed E-state index contributed by atoms with van der Waals surface area (Å²) in [5, 5.41) is 53.1. The number of hydrogen-bond donors (Lipinski definition) is 7. The standard InChI is InChI=1S/C24H24N2O7/c27-17-3-1-2-15(10-17)11-18(26-23(32)16-5-7-20(29)22(31)13-16)24(33)25-9-8-14-4-6-19(28)21(30)12-14/h1-7,10,12-13,18,27-31H,8-9,11H2,(H,25,33)(H,26,32). The Morgan fingerprint density at radius 2 is 1.45 bits per heavy atom. The first-order valence-electron chi connectivity index (χ1n) is 10.1. The van der Waals surface area contributed by atoms with E-state index in [9.17, 15) is 35.1 Å². The molecule has 1 unspecified atom stereocenters. The van der Waals surface area contributed by atoms with E-state index in [0.717, 1.165) is 6.07 Å². The monoisotopic (exact) mass is 452 g/mol. The van der Waals surface area contributed by atoms with Crippen molar-refractivity contribution in [3.8, 4) is 28.7 Å². The molecule has 33 heavy (non-hydrogen) atoms. The number of aromatic hydroxyl groups is 5. The number of phenols is 5. The van der Waals surface area contributed by atoms with Crippen molar-refractivity contribution in [2.24, 2.45) is 0 Å². The van der Waals surface area contributed by atoms with Gasteiger partial charge in [-0.25, -0.2) is 0 Å². The normalized spacial score (nSPS) is 11.5. The van der Waals surface area contributed by atoms with E-state index < -0.39 is 23.6 Å². The van der Waals surface area contributed by atoms with Gasteiger partial charge in [0.25, 0.3) is 5.91 Å². The van der Waals surface area contributed by atoms with Gasteiger partial charge in [-0.1, -0.05) is 18.2 Å². The molecule has 172 valence electrons. The molecule has 1 atom stereocenters. The lowest BCUT2D eigenvalue weighted by atomic mass is 10.0. The molecular formula is C24H24N2O7. The van der Waals surface area contributed by atoms with Crippen LogP contribution >= 0.6 is 0 Å². The zero-order valence-corrected chi connectivity index (χ0v) is 17.5. The summed E-state index contributed by atoms with van der Waals surface area (Å²) in [5.74, 6) is -2.42. The number of nitrogens with one attached hydrogen (secondary N) is 2. The lowest BCUT2D eigenvalue weighted by molar-refractivity contribution is -0.122. The second-order valence-corrected chi connectivity index (χ2v) is 7.47. The average molecular weight is 452 g/mol. The van der Waals surface area contributed by atoms with E-state index in [1.165, 1.54) is 36.4 Å². The van der Waals surface area contributed by atoms with Gasteiger partial charge in [0.05, 0.1) is 0 Å². The number of rotatable bonds is 8. The zero-order valence-electron chi connectivity index (χ0n) is 17.5. The summed E-state index contributed by atoms with van der Waals surface area (Å²) in [6.07, 6.45) is 0.467. The Bertz CT molecular complexity index is 1160. The first-order valence-corrected chi connectivity index (χ1v) is 10.1. The van der Waals surface area contributed by atoms with Gasteiger partial charge in [-0.2, -0.15) is 0 Å². The van der Waals surface area contributed by atoms with Crippen molar-refractivity contribution in [1.29, 1.82) is 0 Å².